The van der Waals surface area contributed by atoms with Crippen molar-refractivity contribution in [2.45, 2.75) is 19.4 Å². The van der Waals surface area contributed by atoms with E-state index in [1.807, 2.05) is 11.3 Å². The minimum absolute atomic E-state index is 0.530. The van der Waals surface area contributed by atoms with Gasteiger partial charge >= 0.3 is 0 Å². The fourth-order valence-electron chi connectivity index (χ4n) is 1.88. The zero-order valence-corrected chi connectivity index (χ0v) is 11.8. The molecule has 0 bridgehead atoms. The number of fused-ring (bicyclic) bond motifs is 1. The monoisotopic (exact) mass is 297 g/mol. The van der Waals surface area contributed by atoms with Crippen molar-refractivity contribution in [3.05, 3.63) is 35.2 Å². The van der Waals surface area contributed by atoms with Crippen LogP contribution in [0.2, 0.25) is 0 Å². The molecule has 1 aromatic carbocycles. The van der Waals surface area contributed by atoms with Crippen LogP contribution in [0.4, 0.5) is 0 Å². The zero-order valence-electron chi connectivity index (χ0n) is 9.37. The van der Waals surface area contributed by atoms with Crippen molar-refractivity contribution in [3.8, 4) is 0 Å². The molecule has 1 aromatic heterocycles. The molecule has 1 atom stereocenters. The Morgan fingerprint density at radius 3 is 3.00 bits per heavy atom. The van der Waals surface area contributed by atoms with Crippen LogP contribution in [-0.2, 0) is 6.42 Å². The van der Waals surface area contributed by atoms with Gasteiger partial charge in [0, 0.05) is 16.1 Å². The first kappa shape index (κ1) is 12.1. The summed E-state index contributed by atoms with van der Waals surface area (Å²) >= 11 is 5.37. The van der Waals surface area contributed by atoms with Crippen LogP contribution in [0.1, 0.15) is 12.5 Å². The lowest BCUT2D eigenvalue weighted by Gasteiger charge is -2.14. The number of halogens is 1. The molecule has 1 nitrogen and oxygen atoms in total. The Hall–Kier alpha value is -0.380. The average Bonchev–Trinajstić information content (AvgIpc) is 2.75. The van der Waals surface area contributed by atoms with Gasteiger partial charge < -0.3 is 5.32 Å². The summed E-state index contributed by atoms with van der Waals surface area (Å²) < 4.78 is 1.39. The van der Waals surface area contributed by atoms with Crippen LogP contribution in [0.25, 0.3) is 10.1 Å². The summed E-state index contributed by atoms with van der Waals surface area (Å²) in [5, 5.41) is 7.99. The predicted molar refractivity (Wildman–Crippen MR) is 76.8 cm³/mol. The summed E-state index contributed by atoms with van der Waals surface area (Å²) in [4.78, 5) is 0. The van der Waals surface area contributed by atoms with E-state index in [2.05, 4.69) is 57.8 Å². The number of likely N-dealkylation sites (N-methyl/N-ethyl adjacent to an activating group) is 1. The third-order valence-corrected chi connectivity index (χ3v) is 4.34. The molecule has 0 amide bonds. The van der Waals surface area contributed by atoms with Gasteiger partial charge in [-0.1, -0.05) is 35.0 Å². The minimum atomic E-state index is 0.530. The Balaban J connectivity index is 2.13. The second-order valence-electron chi connectivity index (χ2n) is 3.91. The molecule has 86 valence electrons. The fraction of sp³-hybridized carbons (Fsp3) is 0.385. The molecular formula is C13H16BrNS. The van der Waals surface area contributed by atoms with E-state index >= 15 is 0 Å². The van der Waals surface area contributed by atoms with Crippen LogP contribution in [0.3, 0.4) is 0 Å². The Morgan fingerprint density at radius 1 is 1.38 bits per heavy atom. The van der Waals surface area contributed by atoms with Gasteiger partial charge in [0.05, 0.1) is 0 Å². The number of benzene rings is 1. The Kier molecular flexibility index (Phi) is 4.38. The topological polar surface area (TPSA) is 12.0 Å². The highest BCUT2D eigenvalue weighted by atomic mass is 79.9. The molecule has 2 rings (SSSR count). The van der Waals surface area contributed by atoms with Gasteiger partial charge in [-0.15, -0.1) is 11.3 Å². The third kappa shape index (κ3) is 2.84. The highest BCUT2D eigenvalue weighted by Crippen LogP contribution is 2.22. The van der Waals surface area contributed by atoms with E-state index < -0.39 is 0 Å². The molecule has 0 fully saturated rings. The lowest BCUT2D eigenvalue weighted by molar-refractivity contribution is 0.575. The first-order chi connectivity index (χ1) is 7.83. The SMILES string of the molecule is CCNC(CBr)Cc1ccc2ccsc2c1. The number of thiophene rings is 1. The van der Waals surface area contributed by atoms with E-state index in [-0.39, 0.29) is 0 Å². The van der Waals surface area contributed by atoms with Gasteiger partial charge in [0.15, 0.2) is 0 Å². The van der Waals surface area contributed by atoms with Gasteiger partial charge in [0.1, 0.15) is 0 Å². The van der Waals surface area contributed by atoms with Gasteiger partial charge in [0.25, 0.3) is 0 Å². The van der Waals surface area contributed by atoms with E-state index in [0.29, 0.717) is 6.04 Å². The maximum absolute atomic E-state index is 3.56. The molecule has 0 saturated heterocycles. The van der Waals surface area contributed by atoms with E-state index in [0.717, 1.165) is 18.3 Å². The van der Waals surface area contributed by atoms with E-state index in [4.69, 9.17) is 0 Å². The standard InChI is InChI=1S/C13H16BrNS/c1-2-15-12(9-14)7-10-3-4-11-5-6-16-13(11)8-10/h3-6,8,12,15H,2,7,9H2,1H3. The zero-order chi connectivity index (χ0) is 11.4. The number of rotatable bonds is 5. The Bertz CT molecular complexity index is 452. The molecule has 1 N–H and O–H groups in total. The molecule has 2 aromatic rings. The molecule has 0 spiro atoms. The van der Waals surface area contributed by atoms with E-state index in [1.54, 1.807) is 0 Å². The second-order valence-corrected chi connectivity index (χ2v) is 5.50. The van der Waals surface area contributed by atoms with Crippen LogP contribution in [-0.4, -0.2) is 17.9 Å². The molecule has 1 heterocycles. The van der Waals surface area contributed by atoms with Crippen molar-refractivity contribution in [1.82, 2.24) is 5.32 Å². The highest BCUT2D eigenvalue weighted by Gasteiger charge is 2.07. The summed E-state index contributed by atoms with van der Waals surface area (Å²) in [6.45, 7) is 3.18. The molecule has 0 saturated carbocycles. The quantitative estimate of drug-likeness (QED) is 0.828. The van der Waals surface area contributed by atoms with Crippen molar-refractivity contribution in [2.24, 2.45) is 0 Å². The number of hydrogen-bond donors (Lipinski definition) is 1. The summed E-state index contributed by atoms with van der Waals surface area (Å²) in [6.07, 6.45) is 1.09. The van der Waals surface area contributed by atoms with Gasteiger partial charge in [0.2, 0.25) is 0 Å². The van der Waals surface area contributed by atoms with Crippen molar-refractivity contribution < 1.29 is 0 Å². The predicted octanol–water partition coefficient (Wildman–Crippen LogP) is 3.82. The number of nitrogens with one attached hydrogen (secondary N) is 1. The van der Waals surface area contributed by atoms with Gasteiger partial charge in [-0.25, -0.2) is 0 Å². The molecule has 0 aliphatic carbocycles. The highest BCUT2D eigenvalue weighted by molar-refractivity contribution is 9.09. The van der Waals surface area contributed by atoms with Crippen molar-refractivity contribution in [2.75, 3.05) is 11.9 Å². The number of hydrogen-bond acceptors (Lipinski definition) is 2. The van der Waals surface area contributed by atoms with E-state index in [1.165, 1.54) is 15.6 Å². The van der Waals surface area contributed by atoms with Gasteiger partial charge in [-0.05, 0) is 41.4 Å². The second kappa shape index (κ2) is 5.80. The van der Waals surface area contributed by atoms with Crippen LogP contribution >= 0.6 is 27.3 Å². The van der Waals surface area contributed by atoms with Crippen LogP contribution < -0.4 is 5.32 Å². The third-order valence-electron chi connectivity index (χ3n) is 2.68. The smallest absolute Gasteiger partial charge is 0.0345 e. The van der Waals surface area contributed by atoms with E-state index in [9.17, 15) is 0 Å². The summed E-state index contributed by atoms with van der Waals surface area (Å²) in [5.41, 5.74) is 1.42. The van der Waals surface area contributed by atoms with Crippen molar-refractivity contribution in [3.63, 3.8) is 0 Å². The van der Waals surface area contributed by atoms with Crippen molar-refractivity contribution >= 4 is 37.4 Å². The number of alkyl halides is 1. The average molecular weight is 298 g/mol. The summed E-state index contributed by atoms with van der Waals surface area (Å²) in [6, 6.07) is 9.48. The fourth-order valence-corrected chi connectivity index (χ4v) is 3.19. The molecule has 1 unspecified atom stereocenters. The molecule has 3 heteroatoms. The normalized spacial score (nSPS) is 13.1. The van der Waals surface area contributed by atoms with Crippen LogP contribution in [0.15, 0.2) is 29.6 Å². The largest absolute Gasteiger partial charge is 0.313 e. The minimum Gasteiger partial charge on any atom is -0.313 e. The maximum Gasteiger partial charge on any atom is 0.0345 e. The first-order valence-corrected chi connectivity index (χ1v) is 7.59. The lowest BCUT2D eigenvalue weighted by Crippen LogP contribution is -2.32. The first-order valence-electron chi connectivity index (χ1n) is 5.59. The molecule has 0 aliphatic heterocycles. The molecule has 16 heavy (non-hydrogen) atoms. The summed E-state index contributed by atoms with van der Waals surface area (Å²) in [7, 11) is 0. The van der Waals surface area contributed by atoms with Gasteiger partial charge in [-0.2, -0.15) is 0 Å². The summed E-state index contributed by atoms with van der Waals surface area (Å²) in [5.74, 6) is 0. The van der Waals surface area contributed by atoms with Crippen LogP contribution in [0.5, 0.6) is 0 Å². The maximum atomic E-state index is 3.56. The molecular weight excluding hydrogens is 282 g/mol. The van der Waals surface area contributed by atoms with Crippen molar-refractivity contribution in [1.29, 1.82) is 0 Å². The molecule has 0 radical (unpaired) electrons. The van der Waals surface area contributed by atoms with Crippen LogP contribution in [0, 0.1) is 0 Å². The Morgan fingerprint density at radius 2 is 2.25 bits per heavy atom. The molecule has 0 aliphatic rings. The Labute approximate surface area is 109 Å². The lowest BCUT2D eigenvalue weighted by atomic mass is 10.1. The van der Waals surface area contributed by atoms with Gasteiger partial charge in [-0.3, -0.25) is 0 Å².